The van der Waals surface area contributed by atoms with Crippen molar-refractivity contribution in [1.29, 1.82) is 0 Å². The highest BCUT2D eigenvalue weighted by atomic mass is 35.5. The molecule has 0 aliphatic carbocycles. The molecule has 1 saturated heterocycles. The van der Waals surface area contributed by atoms with Crippen molar-refractivity contribution < 1.29 is 5.11 Å². The average Bonchev–Trinajstić information content (AvgIpc) is 1.91. The quantitative estimate of drug-likeness (QED) is 0.638. The Balaban J connectivity index is 0.000000810. The molecule has 0 amide bonds. The van der Waals surface area contributed by atoms with E-state index < -0.39 is 0 Å². The summed E-state index contributed by atoms with van der Waals surface area (Å²) < 4.78 is 0. The molecule has 1 rings (SSSR count). The molecule has 2 N–H and O–H groups in total. The lowest BCUT2D eigenvalue weighted by Gasteiger charge is -2.22. The van der Waals surface area contributed by atoms with Gasteiger partial charge in [-0.2, -0.15) is 0 Å². The van der Waals surface area contributed by atoms with Gasteiger partial charge in [-0.15, -0.1) is 12.4 Å². The van der Waals surface area contributed by atoms with E-state index in [4.69, 9.17) is 5.11 Å². The van der Waals surface area contributed by atoms with Gasteiger partial charge in [0, 0.05) is 12.6 Å². The van der Waals surface area contributed by atoms with Gasteiger partial charge in [-0.25, -0.2) is 0 Å². The summed E-state index contributed by atoms with van der Waals surface area (Å²) in [6, 6.07) is 0.601. The van der Waals surface area contributed by atoms with E-state index in [0.29, 0.717) is 12.6 Å². The van der Waals surface area contributed by atoms with Gasteiger partial charge < -0.3 is 10.4 Å². The van der Waals surface area contributed by atoms with Gasteiger partial charge in [-0.05, 0) is 25.8 Å². The lowest BCUT2D eigenvalue weighted by molar-refractivity contribution is 0.250. The molecule has 0 saturated carbocycles. The van der Waals surface area contributed by atoms with E-state index in [1.54, 1.807) is 0 Å². The molecule has 0 spiro atoms. The van der Waals surface area contributed by atoms with Gasteiger partial charge in [-0.3, -0.25) is 0 Å². The van der Waals surface area contributed by atoms with Gasteiger partial charge in [-0.1, -0.05) is 6.42 Å². The zero-order chi connectivity index (χ0) is 6.53. The molecule has 1 heterocycles. The molecule has 10 heavy (non-hydrogen) atoms. The summed E-state index contributed by atoms with van der Waals surface area (Å²) in [6.07, 6.45) is 4.82. The number of nitrogens with one attached hydrogen (secondary N) is 1. The van der Waals surface area contributed by atoms with Crippen molar-refractivity contribution in [3.63, 3.8) is 0 Å². The summed E-state index contributed by atoms with van der Waals surface area (Å²) in [6.45, 7) is 1.47. The van der Waals surface area contributed by atoms with Crippen molar-refractivity contribution in [3.8, 4) is 0 Å². The number of piperidine rings is 1. The summed E-state index contributed by atoms with van der Waals surface area (Å²) in [5.41, 5.74) is 0. The zero-order valence-corrected chi connectivity index (χ0v) is 6.99. The van der Waals surface area contributed by atoms with Crippen LogP contribution in [0.4, 0.5) is 0 Å². The molecule has 0 aromatic carbocycles. The second-order valence-electron chi connectivity index (χ2n) is 2.66. The average molecular weight is 166 g/mol. The third-order valence-corrected chi connectivity index (χ3v) is 1.89. The SMILES string of the molecule is Cl.OCC[C@H]1CCCCN1. The van der Waals surface area contributed by atoms with Crippen molar-refractivity contribution in [2.24, 2.45) is 0 Å². The van der Waals surface area contributed by atoms with Crippen molar-refractivity contribution >= 4 is 12.4 Å². The van der Waals surface area contributed by atoms with Crippen LogP contribution in [-0.4, -0.2) is 24.3 Å². The Hall–Kier alpha value is 0.210. The van der Waals surface area contributed by atoms with Gasteiger partial charge in [0.15, 0.2) is 0 Å². The zero-order valence-electron chi connectivity index (χ0n) is 6.18. The van der Waals surface area contributed by atoms with Crippen LogP contribution < -0.4 is 5.32 Å². The Labute approximate surface area is 68.4 Å². The number of aliphatic hydroxyl groups excluding tert-OH is 1. The second-order valence-corrected chi connectivity index (χ2v) is 2.66. The summed E-state index contributed by atoms with van der Waals surface area (Å²) >= 11 is 0. The molecule has 0 bridgehead atoms. The Morgan fingerprint density at radius 1 is 1.40 bits per heavy atom. The van der Waals surface area contributed by atoms with Crippen LogP contribution in [0.2, 0.25) is 0 Å². The second kappa shape index (κ2) is 5.96. The standard InChI is InChI=1S/C7H15NO.ClH/c9-6-4-7-3-1-2-5-8-7;/h7-9H,1-6H2;1H/t7-;/m1./s1. The Morgan fingerprint density at radius 3 is 2.70 bits per heavy atom. The Morgan fingerprint density at radius 2 is 2.20 bits per heavy atom. The third kappa shape index (κ3) is 3.40. The third-order valence-electron chi connectivity index (χ3n) is 1.89. The van der Waals surface area contributed by atoms with Gasteiger partial charge in [0.2, 0.25) is 0 Å². The van der Waals surface area contributed by atoms with Crippen LogP contribution in [0.5, 0.6) is 0 Å². The molecular weight excluding hydrogens is 150 g/mol. The highest BCUT2D eigenvalue weighted by molar-refractivity contribution is 5.85. The van der Waals surface area contributed by atoms with Crippen molar-refractivity contribution in [1.82, 2.24) is 5.32 Å². The molecule has 1 atom stereocenters. The number of rotatable bonds is 2. The lowest BCUT2D eigenvalue weighted by atomic mass is 10.0. The van der Waals surface area contributed by atoms with Crippen LogP contribution in [-0.2, 0) is 0 Å². The molecule has 0 unspecified atom stereocenters. The maximum atomic E-state index is 8.58. The molecule has 0 aromatic heterocycles. The van der Waals surface area contributed by atoms with Crippen LogP contribution in [0.3, 0.4) is 0 Å². The smallest absolute Gasteiger partial charge is 0.0445 e. The van der Waals surface area contributed by atoms with E-state index in [0.717, 1.165) is 13.0 Å². The van der Waals surface area contributed by atoms with Crippen LogP contribution in [0, 0.1) is 0 Å². The van der Waals surface area contributed by atoms with Gasteiger partial charge in [0.05, 0.1) is 0 Å². The van der Waals surface area contributed by atoms with Crippen LogP contribution in [0.25, 0.3) is 0 Å². The molecule has 62 valence electrons. The van der Waals surface area contributed by atoms with E-state index in [2.05, 4.69) is 5.32 Å². The van der Waals surface area contributed by atoms with Crippen molar-refractivity contribution in [3.05, 3.63) is 0 Å². The molecule has 1 fully saturated rings. The van der Waals surface area contributed by atoms with E-state index in [1.165, 1.54) is 19.3 Å². The fourth-order valence-electron chi connectivity index (χ4n) is 1.33. The monoisotopic (exact) mass is 165 g/mol. The molecular formula is C7H16ClNO. The number of aliphatic hydroxyl groups is 1. The number of hydrogen-bond donors (Lipinski definition) is 2. The summed E-state index contributed by atoms with van der Waals surface area (Å²) in [7, 11) is 0. The largest absolute Gasteiger partial charge is 0.396 e. The minimum absolute atomic E-state index is 0. The summed E-state index contributed by atoms with van der Waals surface area (Å²) in [4.78, 5) is 0. The number of halogens is 1. The first kappa shape index (κ1) is 10.2. The first-order valence-corrected chi connectivity index (χ1v) is 3.77. The number of hydrogen-bond acceptors (Lipinski definition) is 2. The van der Waals surface area contributed by atoms with E-state index >= 15 is 0 Å². The van der Waals surface area contributed by atoms with Gasteiger partial charge >= 0.3 is 0 Å². The molecule has 0 radical (unpaired) electrons. The predicted octanol–water partition coefficient (Wildman–Crippen LogP) is 0.933. The highest BCUT2D eigenvalue weighted by Crippen LogP contribution is 2.08. The van der Waals surface area contributed by atoms with E-state index in [9.17, 15) is 0 Å². The molecule has 3 heteroatoms. The van der Waals surface area contributed by atoms with Crippen LogP contribution in [0.1, 0.15) is 25.7 Å². The van der Waals surface area contributed by atoms with Crippen LogP contribution in [0.15, 0.2) is 0 Å². The first-order valence-electron chi connectivity index (χ1n) is 3.77. The molecule has 2 nitrogen and oxygen atoms in total. The highest BCUT2D eigenvalue weighted by Gasteiger charge is 2.10. The van der Waals surface area contributed by atoms with Gasteiger partial charge in [0.25, 0.3) is 0 Å². The molecule has 1 aliphatic rings. The summed E-state index contributed by atoms with van der Waals surface area (Å²) in [5, 5.41) is 11.9. The molecule has 0 aromatic rings. The first-order chi connectivity index (χ1) is 4.43. The summed E-state index contributed by atoms with van der Waals surface area (Å²) in [5.74, 6) is 0. The van der Waals surface area contributed by atoms with E-state index in [-0.39, 0.29) is 12.4 Å². The van der Waals surface area contributed by atoms with Crippen LogP contribution >= 0.6 is 12.4 Å². The van der Waals surface area contributed by atoms with E-state index in [1.807, 2.05) is 0 Å². The fourth-order valence-corrected chi connectivity index (χ4v) is 1.33. The lowest BCUT2D eigenvalue weighted by Crippen LogP contribution is -2.34. The minimum Gasteiger partial charge on any atom is -0.396 e. The minimum atomic E-state index is 0. The maximum Gasteiger partial charge on any atom is 0.0445 e. The predicted molar refractivity (Wildman–Crippen MR) is 44.6 cm³/mol. The maximum absolute atomic E-state index is 8.58. The topological polar surface area (TPSA) is 32.3 Å². The van der Waals surface area contributed by atoms with Crippen molar-refractivity contribution in [2.75, 3.05) is 13.2 Å². The van der Waals surface area contributed by atoms with Gasteiger partial charge in [0.1, 0.15) is 0 Å². The fraction of sp³-hybridized carbons (Fsp3) is 1.00. The Bertz CT molecular complexity index is 71.3. The normalized spacial score (nSPS) is 25.5. The Kier molecular flexibility index (Phi) is 6.08. The van der Waals surface area contributed by atoms with Crippen molar-refractivity contribution in [2.45, 2.75) is 31.7 Å². The molecule has 1 aliphatic heterocycles.